The van der Waals surface area contributed by atoms with E-state index in [0.717, 1.165) is 38.5 Å². The minimum absolute atomic E-state index is 0.0749. The molecule has 0 radical (unpaired) electrons. The van der Waals surface area contributed by atoms with Crippen molar-refractivity contribution in [1.29, 1.82) is 0 Å². The van der Waals surface area contributed by atoms with Gasteiger partial charge in [0.25, 0.3) is 0 Å². The van der Waals surface area contributed by atoms with Crippen molar-refractivity contribution in [1.82, 2.24) is 5.32 Å². The summed E-state index contributed by atoms with van der Waals surface area (Å²) < 4.78 is 0. The van der Waals surface area contributed by atoms with Crippen LogP contribution in [0.1, 0.15) is 239 Å². The fraction of sp³-hybridized carbons (Fsp3) is 0.851. The molecule has 0 saturated carbocycles. The highest BCUT2D eigenvalue weighted by Crippen LogP contribution is 2.16. The van der Waals surface area contributed by atoms with Crippen LogP contribution in [0.3, 0.4) is 0 Å². The lowest BCUT2D eigenvalue weighted by molar-refractivity contribution is -0.123. The molecule has 4 heteroatoms. The van der Waals surface area contributed by atoms with Gasteiger partial charge in [-0.25, -0.2) is 0 Å². The molecule has 0 aromatic rings. The third-order valence-corrected chi connectivity index (χ3v) is 10.4. The molecule has 1 amide bonds. The van der Waals surface area contributed by atoms with Crippen LogP contribution in [0.5, 0.6) is 0 Å². The third-order valence-electron chi connectivity index (χ3n) is 10.4. The number of unbranched alkanes of at least 4 members (excludes halogenated alkanes) is 30. The summed E-state index contributed by atoms with van der Waals surface area (Å²) in [4.78, 5) is 12.4. The summed E-state index contributed by atoms with van der Waals surface area (Å²) in [5.74, 6) is -0.0749. The first-order valence-electron chi connectivity index (χ1n) is 22.7. The second kappa shape index (κ2) is 43.0. The van der Waals surface area contributed by atoms with E-state index in [9.17, 15) is 15.0 Å². The Balaban J connectivity index is 3.59. The van der Waals surface area contributed by atoms with Crippen molar-refractivity contribution in [2.24, 2.45) is 0 Å². The molecule has 0 rings (SSSR count). The van der Waals surface area contributed by atoms with Crippen LogP contribution in [-0.2, 0) is 4.79 Å². The molecule has 0 spiro atoms. The molecule has 0 bridgehead atoms. The van der Waals surface area contributed by atoms with Gasteiger partial charge in [0.15, 0.2) is 0 Å². The van der Waals surface area contributed by atoms with Gasteiger partial charge < -0.3 is 15.5 Å². The van der Waals surface area contributed by atoms with Gasteiger partial charge in [0, 0.05) is 6.42 Å². The van der Waals surface area contributed by atoms with Crippen LogP contribution in [0, 0.1) is 0 Å². The Labute approximate surface area is 319 Å². The van der Waals surface area contributed by atoms with Crippen molar-refractivity contribution in [2.75, 3.05) is 6.61 Å². The fourth-order valence-electron chi connectivity index (χ4n) is 6.86. The van der Waals surface area contributed by atoms with Crippen molar-refractivity contribution in [2.45, 2.75) is 251 Å². The lowest BCUT2D eigenvalue weighted by Crippen LogP contribution is -2.45. The predicted molar refractivity (Wildman–Crippen MR) is 225 cm³/mol. The van der Waals surface area contributed by atoms with Crippen LogP contribution in [0.25, 0.3) is 0 Å². The molecule has 2 atom stereocenters. The van der Waals surface area contributed by atoms with E-state index in [4.69, 9.17) is 0 Å². The fourth-order valence-corrected chi connectivity index (χ4v) is 6.86. The Morgan fingerprint density at radius 2 is 0.765 bits per heavy atom. The molecule has 0 aromatic heterocycles. The van der Waals surface area contributed by atoms with Crippen LogP contribution < -0.4 is 5.32 Å². The topological polar surface area (TPSA) is 69.6 Å². The quantitative estimate of drug-likeness (QED) is 0.0436. The van der Waals surface area contributed by atoms with Crippen LogP contribution in [0.15, 0.2) is 36.5 Å². The predicted octanol–water partition coefficient (Wildman–Crippen LogP) is 14.2. The lowest BCUT2D eigenvalue weighted by Gasteiger charge is -2.19. The Bertz CT molecular complexity index is 775. The van der Waals surface area contributed by atoms with E-state index >= 15 is 0 Å². The summed E-state index contributed by atoms with van der Waals surface area (Å²) in [6, 6.07) is -0.642. The SMILES string of the molecule is CCCCCCCCCC/C=C/CC/C=C/CC/C=C/C(O)C(CO)NC(=O)CCCCCCCCCCCCCCCCCCCCCCC. The van der Waals surface area contributed by atoms with Crippen molar-refractivity contribution in [3.05, 3.63) is 36.5 Å². The lowest BCUT2D eigenvalue weighted by atomic mass is 10.0. The molecule has 0 aliphatic carbocycles. The van der Waals surface area contributed by atoms with Crippen LogP contribution in [-0.4, -0.2) is 34.9 Å². The first-order chi connectivity index (χ1) is 25.2. The minimum atomic E-state index is -0.867. The van der Waals surface area contributed by atoms with Crippen LogP contribution in [0.4, 0.5) is 0 Å². The normalized spacial score (nSPS) is 13.3. The third kappa shape index (κ3) is 39.6. The number of allylic oxidation sites excluding steroid dienone is 5. The summed E-state index contributed by atoms with van der Waals surface area (Å²) in [6.07, 6.45) is 56.9. The summed E-state index contributed by atoms with van der Waals surface area (Å²) in [6.45, 7) is 4.30. The zero-order chi connectivity index (χ0) is 37.1. The molecule has 0 aliphatic rings. The van der Waals surface area contributed by atoms with Crippen molar-refractivity contribution in [3.8, 4) is 0 Å². The van der Waals surface area contributed by atoms with Gasteiger partial charge in [-0.2, -0.15) is 0 Å². The molecule has 0 heterocycles. The number of aliphatic hydroxyl groups is 2. The smallest absolute Gasteiger partial charge is 0.220 e. The Kier molecular flexibility index (Phi) is 41.8. The van der Waals surface area contributed by atoms with E-state index in [0.29, 0.717) is 6.42 Å². The molecular formula is C47H89NO3. The summed E-state index contributed by atoms with van der Waals surface area (Å²) in [5, 5.41) is 23.0. The first-order valence-corrected chi connectivity index (χ1v) is 22.7. The van der Waals surface area contributed by atoms with E-state index in [2.05, 4.69) is 43.5 Å². The number of carbonyl (C=O) groups is 1. The van der Waals surface area contributed by atoms with Crippen LogP contribution in [0.2, 0.25) is 0 Å². The van der Waals surface area contributed by atoms with Gasteiger partial charge in [0.1, 0.15) is 0 Å². The maximum absolute atomic E-state index is 12.4. The Morgan fingerprint density at radius 1 is 0.451 bits per heavy atom. The van der Waals surface area contributed by atoms with E-state index in [1.165, 1.54) is 180 Å². The van der Waals surface area contributed by atoms with Gasteiger partial charge in [-0.05, 0) is 44.9 Å². The van der Waals surface area contributed by atoms with Crippen molar-refractivity contribution < 1.29 is 15.0 Å². The standard InChI is InChI=1S/C47H89NO3/c1-3-5-7-9-11-13-15-17-19-21-23-24-25-27-29-31-33-35-37-39-41-43-47(51)48-45(44-49)46(50)42-40-38-36-34-32-30-28-26-22-20-18-16-14-12-10-8-6-4-2/h22,26,32,34,40,42,45-46,49-50H,3-21,23-25,27-31,33,35-39,41,43-44H2,1-2H3,(H,48,51)/b26-22+,34-32+,42-40+. The zero-order valence-corrected chi connectivity index (χ0v) is 34.4. The Morgan fingerprint density at radius 3 is 1.14 bits per heavy atom. The molecule has 0 fully saturated rings. The van der Waals surface area contributed by atoms with Gasteiger partial charge in [-0.1, -0.05) is 224 Å². The molecule has 4 nitrogen and oxygen atoms in total. The van der Waals surface area contributed by atoms with E-state index in [1.54, 1.807) is 6.08 Å². The number of hydrogen-bond donors (Lipinski definition) is 3. The number of hydrogen-bond acceptors (Lipinski definition) is 3. The van der Waals surface area contributed by atoms with Gasteiger partial charge in [0.05, 0.1) is 18.8 Å². The van der Waals surface area contributed by atoms with Gasteiger partial charge in [0.2, 0.25) is 5.91 Å². The average molecular weight is 716 g/mol. The summed E-state index contributed by atoms with van der Waals surface area (Å²) in [7, 11) is 0. The van der Waals surface area contributed by atoms with Crippen molar-refractivity contribution >= 4 is 5.91 Å². The number of nitrogens with one attached hydrogen (secondary N) is 1. The minimum Gasteiger partial charge on any atom is -0.394 e. The van der Waals surface area contributed by atoms with Crippen molar-refractivity contribution in [3.63, 3.8) is 0 Å². The molecule has 2 unspecified atom stereocenters. The van der Waals surface area contributed by atoms with Gasteiger partial charge in [-0.15, -0.1) is 0 Å². The Hall–Kier alpha value is -1.39. The molecule has 0 aromatic carbocycles. The molecule has 0 aliphatic heterocycles. The highest BCUT2D eigenvalue weighted by molar-refractivity contribution is 5.76. The summed E-state index contributed by atoms with van der Waals surface area (Å²) in [5.41, 5.74) is 0. The summed E-state index contributed by atoms with van der Waals surface area (Å²) >= 11 is 0. The van der Waals surface area contributed by atoms with E-state index in [1.807, 2.05) is 6.08 Å². The zero-order valence-electron chi connectivity index (χ0n) is 34.4. The maximum atomic E-state index is 12.4. The molecule has 3 N–H and O–H groups in total. The number of rotatable bonds is 41. The molecule has 300 valence electrons. The van der Waals surface area contributed by atoms with E-state index in [-0.39, 0.29) is 12.5 Å². The molecule has 0 saturated heterocycles. The number of amides is 1. The second-order valence-electron chi connectivity index (χ2n) is 15.5. The highest BCUT2D eigenvalue weighted by Gasteiger charge is 2.17. The first kappa shape index (κ1) is 49.6. The molecule has 51 heavy (non-hydrogen) atoms. The monoisotopic (exact) mass is 716 g/mol. The maximum Gasteiger partial charge on any atom is 0.220 e. The molecular weight excluding hydrogens is 627 g/mol. The largest absolute Gasteiger partial charge is 0.394 e. The van der Waals surface area contributed by atoms with E-state index < -0.39 is 12.1 Å². The number of carbonyl (C=O) groups excluding carboxylic acids is 1. The highest BCUT2D eigenvalue weighted by atomic mass is 16.3. The van der Waals surface area contributed by atoms with Gasteiger partial charge >= 0.3 is 0 Å². The number of aliphatic hydroxyl groups excluding tert-OH is 2. The van der Waals surface area contributed by atoms with Crippen LogP contribution >= 0.6 is 0 Å². The van der Waals surface area contributed by atoms with Gasteiger partial charge in [-0.3, -0.25) is 4.79 Å². The second-order valence-corrected chi connectivity index (χ2v) is 15.5. The average Bonchev–Trinajstić information content (AvgIpc) is 3.13.